The van der Waals surface area contributed by atoms with Crippen LogP contribution in [0.5, 0.6) is 11.5 Å². The van der Waals surface area contributed by atoms with Gasteiger partial charge in [-0.05, 0) is 17.5 Å². The van der Waals surface area contributed by atoms with Crippen molar-refractivity contribution >= 4 is 16.8 Å². The molecule has 0 amide bonds. The smallest absolute Gasteiger partial charge is 0.188 e. The molecule has 0 aliphatic carbocycles. The lowest BCUT2D eigenvalue weighted by atomic mass is 10.0. The van der Waals surface area contributed by atoms with Gasteiger partial charge < -0.3 is 18.9 Å². The summed E-state index contributed by atoms with van der Waals surface area (Å²) in [5.74, 6) is 0.678. The largest absolute Gasteiger partial charge is 0.467 e. The van der Waals surface area contributed by atoms with Crippen molar-refractivity contribution < 1.29 is 23.3 Å². The van der Waals surface area contributed by atoms with Gasteiger partial charge in [-0.2, -0.15) is 0 Å². The Balaban J connectivity index is 2.59. The molecule has 0 bridgehead atoms. The average Bonchev–Trinajstić information content (AvgIpc) is 2.50. The second kappa shape index (κ2) is 7.06. The second-order valence-electron chi connectivity index (χ2n) is 4.29. The van der Waals surface area contributed by atoms with Gasteiger partial charge in [0.05, 0.1) is 0 Å². The van der Waals surface area contributed by atoms with Crippen molar-refractivity contribution in [3.8, 4) is 11.5 Å². The maximum absolute atomic E-state index is 13.9. The first-order valence-corrected chi connectivity index (χ1v) is 6.33. The maximum Gasteiger partial charge on any atom is 0.188 e. The zero-order valence-corrected chi connectivity index (χ0v) is 12.0. The molecule has 21 heavy (non-hydrogen) atoms. The fourth-order valence-corrected chi connectivity index (χ4v) is 2.05. The number of benzene rings is 2. The van der Waals surface area contributed by atoms with Crippen LogP contribution < -0.4 is 9.47 Å². The minimum Gasteiger partial charge on any atom is -0.467 e. The molecule has 0 spiro atoms. The van der Waals surface area contributed by atoms with Crippen molar-refractivity contribution in [3.05, 3.63) is 42.2 Å². The molecule has 0 aliphatic rings. The van der Waals surface area contributed by atoms with E-state index in [-0.39, 0.29) is 19.4 Å². The first-order valence-electron chi connectivity index (χ1n) is 6.33. The van der Waals surface area contributed by atoms with Crippen molar-refractivity contribution in [1.82, 2.24) is 0 Å². The van der Waals surface area contributed by atoms with Crippen LogP contribution in [-0.4, -0.2) is 27.8 Å². The average molecular weight is 292 g/mol. The van der Waals surface area contributed by atoms with E-state index in [0.29, 0.717) is 22.4 Å². The Labute approximate surface area is 122 Å². The quantitative estimate of drug-likeness (QED) is 0.731. The van der Waals surface area contributed by atoms with E-state index in [0.717, 1.165) is 5.39 Å². The van der Waals surface area contributed by atoms with Gasteiger partial charge in [-0.25, -0.2) is 4.39 Å². The van der Waals surface area contributed by atoms with E-state index in [2.05, 4.69) is 6.58 Å². The molecule has 0 heterocycles. The second-order valence-corrected chi connectivity index (χ2v) is 4.29. The summed E-state index contributed by atoms with van der Waals surface area (Å²) < 4.78 is 34.7. The van der Waals surface area contributed by atoms with Gasteiger partial charge >= 0.3 is 0 Å². The van der Waals surface area contributed by atoms with Gasteiger partial charge in [0.15, 0.2) is 13.6 Å². The number of methoxy groups -OCH3 is 2. The fraction of sp³-hybridized carbons (Fsp3) is 0.250. The molecule has 0 saturated carbocycles. The standard InChI is InChI=1S/C16H17FO4/c1-4-13-14(17)6-5-11-7-12(20-9-18-2)8-15(16(11)13)21-10-19-3/h4-8H,1,9-10H2,2-3H3. The number of hydrogen-bond acceptors (Lipinski definition) is 4. The number of ether oxygens (including phenoxy) is 4. The highest BCUT2D eigenvalue weighted by Crippen LogP contribution is 2.35. The monoisotopic (exact) mass is 292 g/mol. The third-order valence-electron chi connectivity index (χ3n) is 2.92. The zero-order valence-electron chi connectivity index (χ0n) is 12.0. The van der Waals surface area contributed by atoms with Gasteiger partial charge in [0, 0.05) is 31.2 Å². The summed E-state index contributed by atoms with van der Waals surface area (Å²) in [5, 5.41) is 1.41. The first kappa shape index (κ1) is 15.3. The number of fused-ring (bicyclic) bond motifs is 1. The normalized spacial score (nSPS) is 10.6. The van der Waals surface area contributed by atoms with E-state index in [9.17, 15) is 4.39 Å². The maximum atomic E-state index is 13.9. The Morgan fingerprint density at radius 2 is 1.81 bits per heavy atom. The highest BCUT2D eigenvalue weighted by molar-refractivity contribution is 5.96. The predicted octanol–water partition coefficient (Wildman–Crippen LogP) is 3.59. The highest BCUT2D eigenvalue weighted by Gasteiger charge is 2.13. The van der Waals surface area contributed by atoms with Gasteiger partial charge in [0.2, 0.25) is 0 Å². The molecule has 0 saturated heterocycles. The van der Waals surface area contributed by atoms with Crippen LogP contribution in [0.1, 0.15) is 5.56 Å². The van der Waals surface area contributed by atoms with Gasteiger partial charge in [0.25, 0.3) is 0 Å². The van der Waals surface area contributed by atoms with E-state index in [1.54, 1.807) is 18.2 Å². The fourth-order valence-electron chi connectivity index (χ4n) is 2.05. The van der Waals surface area contributed by atoms with Crippen molar-refractivity contribution in [1.29, 1.82) is 0 Å². The van der Waals surface area contributed by atoms with Crippen molar-refractivity contribution in [2.75, 3.05) is 27.8 Å². The molecule has 0 aromatic heterocycles. The third kappa shape index (κ3) is 3.32. The van der Waals surface area contributed by atoms with Gasteiger partial charge in [-0.15, -0.1) is 0 Å². The third-order valence-corrected chi connectivity index (χ3v) is 2.92. The van der Waals surface area contributed by atoms with Crippen LogP contribution in [0.2, 0.25) is 0 Å². The summed E-state index contributed by atoms with van der Waals surface area (Å²) in [6.45, 7) is 3.82. The van der Waals surface area contributed by atoms with Crippen molar-refractivity contribution in [2.45, 2.75) is 0 Å². The van der Waals surface area contributed by atoms with E-state index < -0.39 is 0 Å². The van der Waals surface area contributed by atoms with E-state index in [1.807, 2.05) is 0 Å². The van der Waals surface area contributed by atoms with Crippen LogP contribution in [0.4, 0.5) is 4.39 Å². The van der Waals surface area contributed by atoms with Crippen LogP contribution >= 0.6 is 0 Å². The molecular formula is C16H17FO4. The van der Waals surface area contributed by atoms with Gasteiger partial charge in [-0.3, -0.25) is 0 Å². The van der Waals surface area contributed by atoms with Crippen molar-refractivity contribution in [2.24, 2.45) is 0 Å². The Morgan fingerprint density at radius 1 is 1.10 bits per heavy atom. The minimum absolute atomic E-state index is 0.0515. The van der Waals surface area contributed by atoms with Gasteiger partial charge in [-0.1, -0.05) is 18.7 Å². The lowest BCUT2D eigenvalue weighted by Gasteiger charge is -2.14. The summed E-state index contributed by atoms with van der Waals surface area (Å²) in [4.78, 5) is 0. The minimum atomic E-state index is -0.356. The number of hydrogen-bond donors (Lipinski definition) is 0. The molecule has 0 unspecified atom stereocenters. The van der Waals surface area contributed by atoms with Crippen LogP contribution in [0.25, 0.3) is 16.8 Å². The van der Waals surface area contributed by atoms with E-state index >= 15 is 0 Å². The van der Waals surface area contributed by atoms with Crippen LogP contribution in [0, 0.1) is 5.82 Å². The number of halogens is 1. The molecule has 0 atom stereocenters. The topological polar surface area (TPSA) is 36.9 Å². The molecule has 5 heteroatoms. The SMILES string of the molecule is C=Cc1c(F)ccc2cc(OCOC)cc(OCOC)c12. The molecule has 2 rings (SSSR count). The van der Waals surface area contributed by atoms with Gasteiger partial charge in [0.1, 0.15) is 17.3 Å². The van der Waals surface area contributed by atoms with E-state index in [1.165, 1.54) is 26.4 Å². The predicted molar refractivity (Wildman–Crippen MR) is 79.0 cm³/mol. The lowest BCUT2D eigenvalue weighted by molar-refractivity contribution is 0.0468. The summed E-state index contributed by atoms with van der Waals surface area (Å²) >= 11 is 0. The molecular weight excluding hydrogens is 275 g/mol. The lowest BCUT2D eigenvalue weighted by Crippen LogP contribution is -2.03. The Bertz CT molecular complexity index is 640. The molecule has 0 radical (unpaired) electrons. The summed E-state index contributed by atoms with van der Waals surface area (Å²) in [5.41, 5.74) is 0.386. The molecule has 0 fully saturated rings. The number of rotatable bonds is 7. The van der Waals surface area contributed by atoms with Crippen LogP contribution in [-0.2, 0) is 9.47 Å². The van der Waals surface area contributed by atoms with E-state index in [4.69, 9.17) is 18.9 Å². The van der Waals surface area contributed by atoms with Crippen molar-refractivity contribution in [3.63, 3.8) is 0 Å². The molecule has 0 aliphatic heterocycles. The zero-order chi connectivity index (χ0) is 15.2. The molecule has 0 N–H and O–H groups in total. The molecule has 2 aromatic carbocycles. The van der Waals surface area contributed by atoms with Crippen LogP contribution in [0.3, 0.4) is 0 Å². The molecule has 112 valence electrons. The Hall–Kier alpha value is -2.11. The summed E-state index contributed by atoms with van der Waals surface area (Å²) in [6.07, 6.45) is 1.47. The summed E-state index contributed by atoms with van der Waals surface area (Å²) in [7, 11) is 3.05. The first-order chi connectivity index (χ1) is 10.2. The molecule has 4 nitrogen and oxygen atoms in total. The highest BCUT2D eigenvalue weighted by atomic mass is 19.1. The molecule has 2 aromatic rings. The van der Waals surface area contributed by atoms with Crippen LogP contribution in [0.15, 0.2) is 30.8 Å². The Kier molecular flexibility index (Phi) is 5.14. The Morgan fingerprint density at radius 3 is 2.48 bits per heavy atom. The summed E-state index contributed by atoms with van der Waals surface area (Å²) in [6, 6.07) is 6.52.